The number of amides is 2. The van der Waals surface area contributed by atoms with Crippen molar-refractivity contribution < 1.29 is 9.59 Å². The molecule has 0 aliphatic carbocycles. The predicted molar refractivity (Wildman–Crippen MR) is 94.4 cm³/mol. The molecule has 0 radical (unpaired) electrons. The normalized spacial score (nSPS) is 11.4. The van der Waals surface area contributed by atoms with Crippen LogP contribution in [-0.4, -0.2) is 43.9 Å². The summed E-state index contributed by atoms with van der Waals surface area (Å²) in [6.45, 7) is 6.83. The Morgan fingerprint density at radius 3 is 2.22 bits per heavy atom. The lowest BCUT2D eigenvalue weighted by Gasteiger charge is -2.23. The van der Waals surface area contributed by atoms with Gasteiger partial charge in [-0.05, 0) is 65.0 Å². The van der Waals surface area contributed by atoms with E-state index in [2.05, 4.69) is 22.5 Å². The molecule has 0 aromatic heterocycles. The molecule has 1 rings (SSSR count). The Hall–Kier alpha value is -1.88. The lowest BCUT2D eigenvalue weighted by Crippen LogP contribution is -2.45. The Morgan fingerprint density at radius 2 is 1.70 bits per heavy atom. The fraction of sp³-hybridized carbons (Fsp3) is 0.556. The Labute approximate surface area is 139 Å². The van der Waals surface area contributed by atoms with Crippen molar-refractivity contribution in [1.82, 2.24) is 10.2 Å². The monoisotopic (exact) mass is 319 g/mol. The number of aryl methyl sites for hydroxylation is 1. The maximum absolute atomic E-state index is 12.4. The molecular formula is C18H29N3O2. The maximum Gasteiger partial charge on any atom is 0.239 e. The first-order valence-corrected chi connectivity index (χ1v) is 8.10. The van der Waals surface area contributed by atoms with Crippen LogP contribution >= 0.6 is 0 Å². The molecule has 0 fully saturated rings. The SMILES string of the molecule is CCc1ccc(NC(=O)C(C)(C)C(=O)NCCCN(C)C)cc1. The highest BCUT2D eigenvalue weighted by atomic mass is 16.2. The first-order chi connectivity index (χ1) is 10.8. The van der Waals surface area contributed by atoms with Crippen LogP contribution in [0.3, 0.4) is 0 Å². The lowest BCUT2D eigenvalue weighted by atomic mass is 9.91. The largest absolute Gasteiger partial charge is 0.355 e. The summed E-state index contributed by atoms with van der Waals surface area (Å²) in [5.74, 6) is -0.550. The van der Waals surface area contributed by atoms with Gasteiger partial charge in [-0.15, -0.1) is 0 Å². The number of nitrogens with one attached hydrogen (secondary N) is 2. The first kappa shape index (κ1) is 19.2. The molecule has 0 spiro atoms. The van der Waals surface area contributed by atoms with Crippen LogP contribution in [0.25, 0.3) is 0 Å². The van der Waals surface area contributed by atoms with E-state index in [4.69, 9.17) is 0 Å². The number of carbonyl (C=O) groups is 2. The first-order valence-electron chi connectivity index (χ1n) is 8.10. The summed E-state index contributed by atoms with van der Waals surface area (Å²) in [6, 6.07) is 7.68. The number of hydrogen-bond donors (Lipinski definition) is 2. The number of rotatable bonds is 8. The average Bonchev–Trinajstić information content (AvgIpc) is 2.51. The van der Waals surface area contributed by atoms with Crippen molar-refractivity contribution in [2.24, 2.45) is 5.41 Å². The van der Waals surface area contributed by atoms with Gasteiger partial charge < -0.3 is 15.5 Å². The molecule has 1 aromatic rings. The van der Waals surface area contributed by atoms with E-state index in [-0.39, 0.29) is 11.8 Å². The van der Waals surface area contributed by atoms with Gasteiger partial charge in [0.2, 0.25) is 11.8 Å². The molecule has 0 aliphatic rings. The predicted octanol–water partition coefficient (Wildman–Crippen LogP) is 2.28. The van der Waals surface area contributed by atoms with Gasteiger partial charge in [-0.2, -0.15) is 0 Å². The third kappa shape index (κ3) is 6.02. The molecule has 0 atom stereocenters. The highest BCUT2D eigenvalue weighted by molar-refractivity contribution is 6.09. The van der Waals surface area contributed by atoms with E-state index in [1.54, 1.807) is 13.8 Å². The van der Waals surface area contributed by atoms with Gasteiger partial charge in [0.15, 0.2) is 0 Å². The molecule has 5 nitrogen and oxygen atoms in total. The van der Waals surface area contributed by atoms with Crippen molar-refractivity contribution in [2.45, 2.75) is 33.6 Å². The Kier molecular flexibility index (Phi) is 7.23. The smallest absolute Gasteiger partial charge is 0.239 e. The third-order valence-electron chi connectivity index (χ3n) is 3.82. The minimum atomic E-state index is -1.11. The molecule has 0 aliphatic heterocycles. The fourth-order valence-corrected chi connectivity index (χ4v) is 2.03. The summed E-state index contributed by atoms with van der Waals surface area (Å²) in [4.78, 5) is 26.7. The molecular weight excluding hydrogens is 290 g/mol. The standard InChI is InChI=1S/C18H29N3O2/c1-6-14-8-10-15(11-9-14)20-17(23)18(2,3)16(22)19-12-7-13-21(4)5/h8-11H,6-7,12-13H2,1-5H3,(H,19,22)(H,20,23). The summed E-state index contributed by atoms with van der Waals surface area (Å²) < 4.78 is 0. The van der Waals surface area contributed by atoms with Crippen LogP contribution in [0.1, 0.15) is 32.8 Å². The van der Waals surface area contributed by atoms with Gasteiger partial charge in [0.05, 0.1) is 0 Å². The topological polar surface area (TPSA) is 61.4 Å². The van der Waals surface area contributed by atoms with Crippen LogP contribution < -0.4 is 10.6 Å². The zero-order valence-electron chi connectivity index (χ0n) is 14.9. The zero-order chi connectivity index (χ0) is 17.5. The lowest BCUT2D eigenvalue weighted by molar-refractivity contribution is -0.138. The van der Waals surface area contributed by atoms with Gasteiger partial charge in [0, 0.05) is 12.2 Å². The Morgan fingerprint density at radius 1 is 1.09 bits per heavy atom. The second-order valence-electron chi connectivity index (χ2n) is 6.54. The van der Waals surface area contributed by atoms with Crippen molar-refractivity contribution in [2.75, 3.05) is 32.5 Å². The van der Waals surface area contributed by atoms with E-state index in [0.29, 0.717) is 12.2 Å². The summed E-state index contributed by atoms with van der Waals surface area (Å²) >= 11 is 0. The summed E-state index contributed by atoms with van der Waals surface area (Å²) in [5.41, 5.74) is 0.809. The molecule has 23 heavy (non-hydrogen) atoms. The van der Waals surface area contributed by atoms with Crippen LogP contribution in [0.2, 0.25) is 0 Å². The second kappa shape index (κ2) is 8.67. The van der Waals surface area contributed by atoms with Crippen molar-refractivity contribution in [3.8, 4) is 0 Å². The number of nitrogens with zero attached hydrogens (tertiary/aromatic N) is 1. The van der Waals surface area contributed by atoms with E-state index >= 15 is 0 Å². The molecule has 0 bridgehead atoms. The number of benzene rings is 1. The molecule has 128 valence electrons. The third-order valence-corrected chi connectivity index (χ3v) is 3.82. The Bertz CT molecular complexity index is 522. The van der Waals surface area contributed by atoms with Crippen molar-refractivity contribution in [3.63, 3.8) is 0 Å². The van der Waals surface area contributed by atoms with Gasteiger partial charge >= 0.3 is 0 Å². The highest BCUT2D eigenvalue weighted by Crippen LogP contribution is 2.19. The highest BCUT2D eigenvalue weighted by Gasteiger charge is 2.35. The van der Waals surface area contributed by atoms with Crippen LogP contribution in [0.5, 0.6) is 0 Å². The zero-order valence-corrected chi connectivity index (χ0v) is 14.9. The summed E-state index contributed by atoms with van der Waals surface area (Å²) in [7, 11) is 3.98. The summed E-state index contributed by atoms with van der Waals surface area (Å²) in [5, 5.41) is 5.65. The van der Waals surface area contributed by atoms with E-state index in [0.717, 1.165) is 19.4 Å². The minimum absolute atomic E-state index is 0.251. The van der Waals surface area contributed by atoms with Crippen LogP contribution in [0.15, 0.2) is 24.3 Å². The van der Waals surface area contributed by atoms with Crippen LogP contribution in [-0.2, 0) is 16.0 Å². The average molecular weight is 319 g/mol. The van der Waals surface area contributed by atoms with Crippen molar-refractivity contribution in [1.29, 1.82) is 0 Å². The fourth-order valence-electron chi connectivity index (χ4n) is 2.03. The molecule has 0 heterocycles. The maximum atomic E-state index is 12.4. The molecule has 2 N–H and O–H groups in total. The molecule has 0 saturated heterocycles. The quantitative estimate of drug-likeness (QED) is 0.571. The van der Waals surface area contributed by atoms with Crippen molar-refractivity contribution >= 4 is 17.5 Å². The van der Waals surface area contributed by atoms with E-state index in [1.807, 2.05) is 38.4 Å². The molecule has 0 unspecified atom stereocenters. The van der Waals surface area contributed by atoms with Crippen LogP contribution in [0, 0.1) is 5.41 Å². The van der Waals surface area contributed by atoms with E-state index < -0.39 is 5.41 Å². The molecule has 5 heteroatoms. The molecule has 2 amide bonds. The van der Waals surface area contributed by atoms with Gasteiger partial charge in [0.1, 0.15) is 5.41 Å². The summed E-state index contributed by atoms with van der Waals surface area (Å²) in [6.07, 6.45) is 1.81. The number of hydrogen-bond acceptors (Lipinski definition) is 3. The van der Waals surface area contributed by atoms with Gasteiger partial charge in [-0.1, -0.05) is 19.1 Å². The Balaban J connectivity index is 2.55. The van der Waals surface area contributed by atoms with Gasteiger partial charge in [-0.3, -0.25) is 9.59 Å². The number of anilines is 1. The van der Waals surface area contributed by atoms with Crippen molar-refractivity contribution in [3.05, 3.63) is 29.8 Å². The molecule has 0 saturated carbocycles. The van der Waals surface area contributed by atoms with Crippen LogP contribution in [0.4, 0.5) is 5.69 Å². The minimum Gasteiger partial charge on any atom is -0.355 e. The second-order valence-corrected chi connectivity index (χ2v) is 6.54. The number of carbonyl (C=O) groups excluding carboxylic acids is 2. The molecule has 1 aromatic carbocycles. The van der Waals surface area contributed by atoms with Gasteiger partial charge in [-0.25, -0.2) is 0 Å². The van der Waals surface area contributed by atoms with Gasteiger partial charge in [0.25, 0.3) is 0 Å². The van der Waals surface area contributed by atoms with E-state index in [9.17, 15) is 9.59 Å². The van der Waals surface area contributed by atoms with E-state index in [1.165, 1.54) is 5.56 Å².